The van der Waals surface area contributed by atoms with Crippen molar-refractivity contribution in [1.82, 2.24) is 14.8 Å². The van der Waals surface area contributed by atoms with Crippen LogP contribution in [0.3, 0.4) is 0 Å². The number of hydrogen-bond acceptors (Lipinski definition) is 4. The molecule has 0 aliphatic heterocycles. The van der Waals surface area contributed by atoms with Gasteiger partial charge in [-0.15, -0.1) is 5.10 Å². The molecule has 6 nitrogen and oxygen atoms in total. The van der Waals surface area contributed by atoms with Crippen LogP contribution in [-0.2, 0) is 0 Å². The highest BCUT2D eigenvalue weighted by molar-refractivity contribution is 9.10. The molecule has 1 aromatic heterocycles. The van der Waals surface area contributed by atoms with Gasteiger partial charge in [0.2, 0.25) is 5.95 Å². The van der Waals surface area contributed by atoms with Crippen molar-refractivity contribution in [2.24, 2.45) is 0 Å². The van der Waals surface area contributed by atoms with Gasteiger partial charge in [0.15, 0.2) is 0 Å². The second-order valence-corrected chi connectivity index (χ2v) is 3.90. The summed E-state index contributed by atoms with van der Waals surface area (Å²) in [5.41, 5.74) is 6.22. The molecular weight excluding hydrogens is 276 g/mol. The van der Waals surface area contributed by atoms with E-state index >= 15 is 0 Å². The first-order valence-corrected chi connectivity index (χ1v) is 5.09. The van der Waals surface area contributed by atoms with E-state index in [9.17, 15) is 4.79 Å². The summed E-state index contributed by atoms with van der Waals surface area (Å²) in [5, 5.41) is 12.5. The van der Waals surface area contributed by atoms with Crippen LogP contribution in [0, 0.1) is 0 Å². The number of benzene rings is 1. The van der Waals surface area contributed by atoms with Crippen molar-refractivity contribution in [3.05, 3.63) is 34.6 Å². The van der Waals surface area contributed by atoms with E-state index < -0.39 is 5.97 Å². The zero-order chi connectivity index (χ0) is 11.7. The second kappa shape index (κ2) is 3.93. The SMILES string of the molecule is Nc1nc(C(=O)O)nn1-c1ccc(Br)cc1. The molecule has 16 heavy (non-hydrogen) atoms. The number of aromatic carboxylic acids is 1. The van der Waals surface area contributed by atoms with Gasteiger partial charge in [0.05, 0.1) is 5.69 Å². The number of nitrogens with zero attached hydrogens (tertiary/aromatic N) is 3. The topological polar surface area (TPSA) is 94.0 Å². The van der Waals surface area contributed by atoms with Gasteiger partial charge in [-0.05, 0) is 24.3 Å². The van der Waals surface area contributed by atoms with E-state index in [0.717, 1.165) is 4.47 Å². The van der Waals surface area contributed by atoms with Crippen LogP contribution in [0.5, 0.6) is 0 Å². The first kappa shape index (κ1) is 10.6. The highest BCUT2D eigenvalue weighted by atomic mass is 79.9. The minimum Gasteiger partial charge on any atom is -0.475 e. The van der Waals surface area contributed by atoms with Crippen LogP contribution in [0.15, 0.2) is 28.7 Å². The van der Waals surface area contributed by atoms with Gasteiger partial charge in [-0.25, -0.2) is 4.79 Å². The molecule has 0 fully saturated rings. The molecule has 0 bridgehead atoms. The molecule has 0 amide bonds. The average molecular weight is 283 g/mol. The fourth-order valence-corrected chi connectivity index (χ4v) is 1.45. The standard InChI is InChI=1S/C9H7BrN4O2/c10-5-1-3-6(4-2-5)14-9(11)12-7(13-14)8(15)16/h1-4H,(H,15,16)(H2,11,12,13). The van der Waals surface area contributed by atoms with Crippen molar-refractivity contribution in [3.63, 3.8) is 0 Å². The maximum absolute atomic E-state index is 10.7. The molecule has 3 N–H and O–H groups in total. The Hall–Kier alpha value is -1.89. The summed E-state index contributed by atoms with van der Waals surface area (Å²) in [7, 11) is 0. The Morgan fingerprint density at radius 2 is 2.00 bits per heavy atom. The number of hydrogen-bond donors (Lipinski definition) is 2. The van der Waals surface area contributed by atoms with Crippen molar-refractivity contribution < 1.29 is 9.90 Å². The molecular formula is C9H7BrN4O2. The molecule has 1 aromatic carbocycles. The summed E-state index contributed by atoms with van der Waals surface area (Å²) in [5.74, 6) is -1.48. The number of halogens is 1. The molecule has 2 aromatic rings. The van der Waals surface area contributed by atoms with E-state index in [1.165, 1.54) is 4.68 Å². The Morgan fingerprint density at radius 3 is 2.50 bits per heavy atom. The Bertz CT molecular complexity index is 535. The Morgan fingerprint density at radius 1 is 1.38 bits per heavy atom. The van der Waals surface area contributed by atoms with E-state index in [-0.39, 0.29) is 11.8 Å². The van der Waals surface area contributed by atoms with Crippen molar-refractivity contribution in [3.8, 4) is 5.69 Å². The molecule has 0 spiro atoms. The number of nitrogen functional groups attached to an aromatic ring is 1. The molecule has 0 atom stereocenters. The normalized spacial score (nSPS) is 10.3. The molecule has 7 heteroatoms. The lowest BCUT2D eigenvalue weighted by molar-refractivity contribution is 0.0683. The number of nitrogens with two attached hydrogens (primary N) is 1. The van der Waals surface area contributed by atoms with Gasteiger partial charge in [-0.3, -0.25) is 0 Å². The largest absolute Gasteiger partial charge is 0.475 e. The van der Waals surface area contributed by atoms with E-state index in [1.54, 1.807) is 24.3 Å². The smallest absolute Gasteiger partial charge is 0.375 e. The fourth-order valence-electron chi connectivity index (χ4n) is 1.19. The second-order valence-electron chi connectivity index (χ2n) is 2.99. The third-order valence-electron chi connectivity index (χ3n) is 1.89. The lowest BCUT2D eigenvalue weighted by Crippen LogP contribution is -2.03. The van der Waals surface area contributed by atoms with Crippen LogP contribution < -0.4 is 5.73 Å². The highest BCUT2D eigenvalue weighted by Crippen LogP contribution is 2.15. The van der Waals surface area contributed by atoms with Crippen molar-refractivity contribution >= 4 is 27.8 Å². The fraction of sp³-hybridized carbons (Fsp3) is 0. The van der Waals surface area contributed by atoms with Gasteiger partial charge >= 0.3 is 5.97 Å². The Balaban J connectivity index is 2.47. The molecule has 0 aliphatic rings. The predicted molar refractivity (Wildman–Crippen MR) is 60.4 cm³/mol. The van der Waals surface area contributed by atoms with Crippen LogP contribution in [0.25, 0.3) is 5.69 Å². The van der Waals surface area contributed by atoms with Crippen LogP contribution in [0.2, 0.25) is 0 Å². The number of carboxylic acid groups (broad SMARTS) is 1. The first-order valence-electron chi connectivity index (χ1n) is 4.29. The number of anilines is 1. The summed E-state index contributed by atoms with van der Waals surface area (Å²) in [6.45, 7) is 0. The minimum absolute atomic E-state index is 0.0414. The summed E-state index contributed by atoms with van der Waals surface area (Å²) in [4.78, 5) is 14.3. The molecule has 0 unspecified atom stereocenters. The summed E-state index contributed by atoms with van der Waals surface area (Å²) < 4.78 is 2.18. The molecule has 82 valence electrons. The van der Waals surface area contributed by atoms with E-state index in [4.69, 9.17) is 10.8 Å². The Labute approximate surface area is 98.8 Å². The predicted octanol–water partition coefficient (Wildman–Crippen LogP) is 1.31. The maximum Gasteiger partial charge on any atom is 0.375 e. The summed E-state index contributed by atoms with van der Waals surface area (Å²) >= 11 is 3.29. The van der Waals surface area contributed by atoms with Gasteiger partial charge in [0, 0.05) is 4.47 Å². The highest BCUT2D eigenvalue weighted by Gasteiger charge is 2.13. The molecule has 1 heterocycles. The first-order chi connectivity index (χ1) is 7.58. The maximum atomic E-state index is 10.7. The minimum atomic E-state index is -1.21. The molecule has 0 radical (unpaired) electrons. The lowest BCUT2D eigenvalue weighted by Gasteiger charge is -2.01. The van der Waals surface area contributed by atoms with Gasteiger partial charge < -0.3 is 10.8 Å². The molecule has 0 saturated carbocycles. The van der Waals surface area contributed by atoms with Crippen LogP contribution in [-0.4, -0.2) is 25.8 Å². The van der Waals surface area contributed by atoms with E-state index in [2.05, 4.69) is 26.0 Å². The number of aromatic nitrogens is 3. The zero-order valence-corrected chi connectivity index (χ0v) is 9.55. The third-order valence-corrected chi connectivity index (χ3v) is 2.42. The zero-order valence-electron chi connectivity index (χ0n) is 7.96. The van der Waals surface area contributed by atoms with Gasteiger partial charge in [0.1, 0.15) is 0 Å². The lowest BCUT2D eigenvalue weighted by atomic mass is 10.3. The summed E-state index contributed by atoms with van der Waals surface area (Å²) in [6, 6.07) is 7.11. The van der Waals surface area contributed by atoms with Crippen molar-refractivity contribution in [2.75, 3.05) is 5.73 Å². The third kappa shape index (κ3) is 1.89. The van der Waals surface area contributed by atoms with Crippen molar-refractivity contribution in [2.45, 2.75) is 0 Å². The number of carbonyl (C=O) groups is 1. The number of rotatable bonds is 2. The molecule has 2 rings (SSSR count). The Kier molecular flexibility index (Phi) is 2.61. The van der Waals surface area contributed by atoms with Crippen LogP contribution >= 0.6 is 15.9 Å². The quantitative estimate of drug-likeness (QED) is 0.866. The average Bonchev–Trinajstić information content (AvgIpc) is 2.62. The monoisotopic (exact) mass is 282 g/mol. The summed E-state index contributed by atoms with van der Waals surface area (Å²) in [6.07, 6.45) is 0. The van der Waals surface area contributed by atoms with Crippen LogP contribution in [0.1, 0.15) is 10.6 Å². The van der Waals surface area contributed by atoms with E-state index in [1.807, 2.05) is 0 Å². The molecule has 0 saturated heterocycles. The van der Waals surface area contributed by atoms with Crippen molar-refractivity contribution in [1.29, 1.82) is 0 Å². The van der Waals surface area contributed by atoms with Gasteiger partial charge in [0.25, 0.3) is 5.82 Å². The van der Waals surface area contributed by atoms with Gasteiger partial charge in [-0.2, -0.15) is 9.67 Å². The van der Waals surface area contributed by atoms with Gasteiger partial charge in [-0.1, -0.05) is 15.9 Å². The molecule has 0 aliphatic carbocycles. The van der Waals surface area contributed by atoms with Crippen LogP contribution in [0.4, 0.5) is 5.95 Å². The van der Waals surface area contributed by atoms with E-state index in [0.29, 0.717) is 5.69 Å². The number of carboxylic acids is 1.